The van der Waals surface area contributed by atoms with E-state index in [4.69, 9.17) is 15.6 Å². The highest BCUT2D eigenvalue weighted by Gasteiger charge is 2.10. The maximum absolute atomic E-state index is 10.8. The Morgan fingerprint density at radius 2 is 2.06 bits per heavy atom. The van der Waals surface area contributed by atoms with Crippen LogP contribution >= 0.6 is 0 Å². The summed E-state index contributed by atoms with van der Waals surface area (Å²) >= 11 is 0. The second-order valence-electron chi connectivity index (χ2n) is 4.05. The minimum absolute atomic E-state index is 0.193. The molecule has 0 spiro atoms. The molecule has 4 heteroatoms. The fourth-order valence-electron chi connectivity index (χ4n) is 1.52. The number of nitrogen functional groups attached to an aromatic ring is 1. The standard InChI is InChI=1S/C13H19NO3/c1-3-9(4-2)8-17-12-7-10(13(15)16)5-6-11(12)14/h5-7,9H,3-4,8,14H2,1-2H3,(H,15,16). The molecule has 0 fully saturated rings. The molecule has 1 aromatic rings. The van der Waals surface area contributed by atoms with Gasteiger partial charge < -0.3 is 15.6 Å². The number of benzene rings is 1. The van der Waals surface area contributed by atoms with Gasteiger partial charge in [0.05, 0.1) is 17.9 Å². The lowest BCUT2D eigenvalue weighted by molar-refractivity contribution is 0.0696. The van der Waals surface area contributed by atoms with Crippen LogP contribution in [0.1, 0.15) is 37.0 Å². The molecule has 0 unspecified atom stereocenters. The van der Waals surface area contributed by atoms with Crippen molar-refractivity contribution in [1.29, 1.82) is 0 Å². The summed E-state index contributed by atoms with van der Waals surface area (Å²) in [7, 11) is 0. The van der Waals surface area contributed by atoms with Gasteiger partial charge in [-0.3, -0.25) is 0 Å². The molecule has 0 saturated carbocycles. The summed E-state index contributed by atoms with van der Waals surface area (Å²) in [4.78, 5) is 10.8. The second kappa shape index (κ2) is 6.13. The average molecular weight is 237 g/mol. The number of carboxylic acids is 1. The highest BCUT2D eigenvalue weighted by Crippen LogP contribution is 2.24. The molecular formula is C13H19NO3. The van der Waals surface area contributed by atoms with Crippen molar-refractivity contribution >= 4 is 11.7 Å². The Bertz CT molecular complexity index is 386. The van der Waals surface area contributed by atoms with Crippen LogP contribution < -0.4 is 10.5 Å². The number of ether oxygens (including phenoxy) is 1. The monoisotopic (exact) mass is 237 g/mol. The fraction of sp³-hybridized carbons (Fsp3) is 0.462. The smallest absolute Gasteiger partial charge is 0.335 e. The highest BCUT2D eigenvalue weighted by atomic mass is 16.5. The maximum Gasteiger partial charge on any atom is 0.335 e. The summed E-state index contributed by atoms with van der Waals surface area (Å²) in [6, 6.07) is 4.51. The van der Waals surface area contributed by atoms with Crippen molar-refractivity contribution in [1.82, 2.24) is 0 Å². The molecule has 0 aliphatic heterocycles. The molecule has 0 saturated heterocycles. The minimum Gasteiger partial charge on any atom is -0.491 e. The van der Waals surface area contributed by atoms with Gasteiger partial charge in [0.25, 0.3) is 0 Å². The Hall–Kier alpha value is -1.71. The zero-order valence-corrected chi connectivity index (χ0v) is 10.3. The van der Waals surface area contributed by atoms with E-state index >= 15 is 0 Å². The number of rotatable bonds is 6. The van der Waals surface area contributed by atoms with Gasteiger partial charge in [0, 0.05) is 0 Å². The van der Waals surface area contributed by atoms with E-state index in [-0.39, 0.29) is 5.56 Å². The first kappa shape index (κ1) is 13.4. The molecule has 0 radical (unpaired) electrons. The quantitative estimate of drug-likeness (QED) is 0.746. The van der Waals surface area contributed by atoms with Gasteiger partial charge in [-0.1, -0.05) is 26.7 Å². The van der Waals surface area contributed by atoms with Crippen molar-refractivity contribution in [2.75, 3.05) is 12.3 Å². The molecule has 17 heavy (non-hydrogen) atoms. The van der Waals surface area contributed by atoms with E-state index in [1.807, 2.05) is 0 Å². The van der Waals surface area contributed by atoms with Crippen LogP contribution in [-0.2, 0) is 0 Å². The zero-order valence-electron chi connectivity index (χ0n) is 10.3. The molecule has 3 N–H and O–H groups in total. The van der Waals surface area contributed by atoms with Gasteiger partial charge >= 0.3 is 5.97 Å². The molecule has 94 valence electrons. The minimum atomic E-state index is -0.975. The third-order valence-corrected chi connectivity index (χ3v) is 2.89. The first-order valence-electron chi connectivity index (χ1n) is 5.84. The topological polar surface area (TPSA) is 72.5 Å². The number of nitrogens with two attached hydrogens (primary N) is 1. The molecule has 4 nitrogen and oxygen atoms in total. The van der Waals surface area contributed by atoms with Crippen molar-refractivity contribution < 1.29 is 14.6 Å². The third kappa shape index (κ3) is 3.66. The molecule has 0 aromatic heterocycles. The number of carbonyl (C=O) groups is 1. The van der Waals surface area contributed by atoms with Crippen molar-refractivity contribution in [3.63, 3.8) is 0 Å². The first-order valence-corrected chi connectivity index (χ1v) is 5.84. The Kier molecular flexibility index (Phi) is 4.82. The van der Waals surface area contributed by atoms with Gasteiger partial charge in [0.2, 0.25) is 0 Å². The lowest BCUT2D eigenvalue weighted by atomic mass is 10.1. The Morgan fingerprint density at radius 3 is 2.59 bits per heavy atom. The largest absolute Gasteiger partial charge is 0.491 e. The lowest BCUT2D eigenvalue weighted by Gasteiger charge is -2.15. The summed E-state index contributed by atoms with van der Waals surface area (Å²) < 4.78 is 5.58. The Labute approximate surface area is 101 Å². The van der Waals surface area contributed by atoms with Gasteiger partial charge in [-0.25, -0.2) is 4.79 Å². The zero-order chi connectivity index (χ0) is 12.8. The molecule has 0 aliphatic rings. The average Bonchev–Trinajstić information content (AvgIpc) is 2.32. The van der Waals surface area contributed by atoms with Crippen LogP contribution in [0.15, 0.2) is 18.2 Å². The SMILES string of the molecule is CCC(CC)COc1cc(C(=O)O)ccc1N. The number of aromatic carboxylic acids is 1. The van der Waals surface area contributed by atoms with Gasteiger partial charge in [-0.05, 0) is 24.1 Å². The van der Waals surface area contributed by atoms with E-state index < -0.39 is 5.97 Å². The fourth-order valence-corrected chi connectivity index (χ4v) is 1.52. The number of anilines is 1. The number of hydrogen-bond donors (Lipinski definition) is 2. The number of carboxylic acid groups (broad SMARTS) is 1. The molecule has 0 atom stereocenters. The van der Waals surface area contributed by atoms with Crippen LogP contribution in [0.3, 0.4) is 0 Å². The van der Waals surface area contributed by atoms with Crippen LogP contribution in [0.5, 0.6) is 5.75 Å². The van der Waals surface area contributed by atoms with Crippen LogP contribution in [-0.4, -0.2) is 17.7 Å². The van der Waals surface area contributed by atoms with E-state index in [1.54, 1.807) is 6.07 Å². The molecular weight excluding hydrogens is 218 g/mol. The second-order valence-corrected chi connectivity index (χ2v) is 4.05. The van der Waals surface area contributed by atoms with Gasteiger partial charge in [-0.2, -0.15) is 0 Å². The van der Waals surface area contributed by atoms with Crippen molar-refractivity contribution in [3.05, 3.63) is 23.8 Å². The van der Waals surface area contributed by atoms with E-state index in [2.05, 4.69) is 13.8 Å². The molecule has 0 heterocycles. The Morgan fingerprint density at radius 1 is 1.41 bits per heavy atom. The van der Waals surface area contributed by atoms with E-state index in [9.17, 15) is 4.79 Å². The molecule has 1 aromatic carbocycles. The lowest BCUT2D eigenvalue weighted by Crippen LogP contribution is -2.11. The van der Waals surface area contributed by atoms with E-state index in [1.165, 1.54) is 12.1 Å². The van der Waals surface area contributed by atoms with Crippen molar-refractivity contribution in [2.45, 2.75) is 26.7 Å². The summed E-state index contributed by atoms with van der Waals surface area (Å²) in [5, 5.41) is 8.87. The summed E-state index contributed by atoms with van der Waals surface area (Å²) in [5.74, 6) is -0.0444. The first-order chi connectivity index (χ1) is 8.08. The summed E-state index contributed by atoms with van der Waals surface area (Å²) in [6.45, 7) is 4.78. The van der Waals surface area contributed by atoms with Crippen molar-refractivity contribution in [2.24, 2.45) is 5.92 Å². The van der Waals surface area contributed by atoms with Gasteiger partial charge in [0.15, 0.2) is 0 Å². The third-order valence-electron chi connectivity index (χ3n) is 2.89. The predicted molar refractivity (Wildman–Crippen MR) is 67.4 cm³/mol. The van der Waals surface area contributed by atoms with Crippen LogP contribution in [0, 0.1) is 5.92 Å². The predicted octanol–water partition coefficient (Wildman–Crippen LogP) is 2.78. The van der Waals surface area contributed by atoms with Gasteiger partial charge in [-0.15, -0.1) is 0 Å². The molecule has 0 amide bonds. The summed E-state index contributed by atoms with van der Waals surface area (Å²) in [5.41, 5.74) is 6.41. The highest BCUT2D eigenvalue weighted by molar-refractivity contribution is 5.89. The molecule has 1 rings (SSSR count). The Balaban J connectivity index is 2.75. The normalized spacial score (nSPS) is 10.5. The van der Waals surface area contributed by atoms with Crippen molar-refractivity contribution in [3.8, 4) is 5.75 Å². The van der Waals surface area contributed by atoms with Crippen LogP contribution in [0.2, 0.25) is 0 Å². The van der Waals surface area contributed by atoms with Crippen LogP contribution in [0.4, 0.5) is 5.69 Å². The number of hydrogen-bond acceptors (Lipinski definition) is 3. The molecule has 0 bridgehead atoms. The van der Waals surface area contributed by atoms with E-state index in [0.29, 0.717) is 24.0 Å². The molecule has 0 aliphatic carbocycles. The maximum atomic E-state index is 10.8. The van der Waals surface area contributed by atoms with E-state index in [0.717, 1.165) is 12.8 Å². The van der Waals surface area contributed by atoms with Gasteiger partial charge in [0.1, 0.15) is 5.75 Å². The van der Waals surface area contributed by atoms with Crippen LogP contribution in [0.25, 0.3) is 0 Å². The summed E-state index contributed by atoms with van der Waals surface area (Å²) in [6.07, 6.45) is 2.07.